The molecule has 0 bridgehead atoms. The highest BCUT2D eigenvalue weighted by atomic mass is 79.9. The van der Waals surface area contributed by atoms with Gasteiger partial charge in [-0.3, -0.25) is 4.79 Å². The lowest BCUT2D eigenvalue weighted by Crippen LogP contribution is -1.98. The van der Waals surface area contributed by atoms with E-state index in [2.05, 4.69) is 37.6 Å². The summed E-state index contributed by atoms with van der Waals surface area (Å²) >= 11 is 4.56. The molecule has 4 rings (SSSR count). The first kappa shape index (κ1) is 15.0. The van der Waals surface area contributed by atoms with Crippen LogP contribution in [0.1, 0.15) is 11.3 Å². The van der Waals surface area contributed by atoms with Gasteiger partial charge in [0, 0.05) is 22.4 Å². The molecule has 0 fully saturated rings. The zero-order valence-corrected chi connectivity index (χ0v) is 14.8. The van der Waals surface area contributed by atoms with Gasteiger partial charge >= 0.3 is 4.87 Å². The van der Waals surface area contributed by atoms with Crippen LogP contribution in [0.15, 0.2) is 64.6 Å². The first-order valence-electron chi connectivity index (χ1n) is 7.10. The average molecular weight is 399 g/mol. The van der Waals surface area contributed by atoms with E-state index < -0.39 is 0 Å². The van der Waals surface area contributed by atoms with Crippen LogP contribution in [0.25, 0.3) is 21.6 Å². The van der Waals surface area contributed by atoms with Crippen molar-refractivity contribution in [3.05, 3.63) is 80.8 Å². The number of H-pyrrole nitrogens is 1. The molecule has 1 N–H and O–H groups in total. The van der Waals surface area contributed by atoms with Gasteiger partial charge in [-0.2, -0.15) is 5.10 Å². The van der Waals surface area contributed by atoms with Crippen molar-refractivity contribution in [2.24, 2.45) is 0 Å². The van der Waals surface area contributed by atoms with E-state index in [0.717, 1.165) is 37.3 Å². The molecule has 5 nitrogen and oxygen atoms in total. The zero-order valence-electron chi connectivity index (χ0n) is 12.4. The molecule has 4 aromatic rings. The molecule has 0 aliphatic carbocycles. The molecular weight excluding hydrogens is 388 g/mol. The number of nitrogens with one attached hydrogen (secondary N) is 1. The number of hydrogen-bond donors (Lipinski definition) is 1. The second-order valence-corrected chi connectivity index (χ2v) is 7.11. The molecule has 24 heavy (non-hydrogen) atoms. The van der Waals surface area contributed by atoms with Crippen molar-refractivity contribution in [1.29, 1.82) is 0 Å². The minimum Gasteiger partial charge on any atom is -0.312 e. The molecule has 0 saturated heterocycles. The van der Waals surface area contributed by atoms with E-state index in [9.17, 15) is 4.79 Å². The Labute approximate surface area is 149 Å². The Morgan fingerprint density at radius 3 is 2.92 bits per heavy atom. The number of aromatic nitrogens is 4. The Morgan fingerprint density at radius 1 is 1.25 bits per heavy atom. The van der Waals surface area contributed by atoms with Gasteiger partial charge in [0.05, 0.1) is 15.9 Å². The Balaban J connectivity index is 1.68. The molecule has 0 aliphatic heterocycles. The van der Waals surface area contributed by atoms with Gasteiger partial charge in [-0.25, -0.2) is 9.67 Å². The number of fused-ring (bicyclic) bond motifs is 1. The van der Waals surface area contributed by atoms with Gasteiger partial charge in [-0.15, -0.1) is 0 Å². The van der Waals surface area contributed by atoms with E-state index in [1.165, 1.54) is 11.3 Å². The average Bonchev–Trinajstić information content (AvgIpc) is 3.20. The van der Waals surface area contributed by atoms with E-state index in [-0.39, 0.29) is 4.87 Å². The summed E-state index contributed by atoms with van der Waals surface area (Å²) in [6, 6.07) is 11.5. The largest absolute Gasteiger partial charge is 0.312 e. The third-order valence-electron chi connectivity index (χ3n) is 3.61. The normalized spacial score (nSPS) is 11.0. The van der Waals surface area contributed by atoms with Gasteiger partial charge in [-0.1, -0.05) is 24.0 Å². The maximum atomic E-state index is 11.4. The van der Waals surface area contributed by atoms with E-state index in [4.69, 9.17) is 0 Å². The standard InChI is InChI=1S/C17H11BrN4OS/c1-10(11-2-4-14-15(8-11)24-17(23)20-14)13-6-7-22(21-13)16-5-3-12(18)9-19-16/h2-9H,1H2,(H,20,23). The number of pyridine rings is 1. The van der Waals surface area contributed by atoms with Crippen LogP contribution in [0.5, 0.6) is 0 Å². The van der Waals surface area contributed by atoms with Crippen molar-refractivity contribution < 1.29 is 0 Å². The number of aromatic amines is 1. The van der Waals surface area contributed by atoms with E-state index >= 15 is 0 Å². The number of thiazole rings is 1. The van der Waals surface area contributed by atoms with Crippen molar-refractivity contribution >= 4 is 43.1 Å². The summed E-state index contributed by atoms with van der Waals surface area (Å²) in [4.78, 5) is 18.5. The lowest BCUT2D eigenvalue weighted by atomic mass is 10.0. The first-order valence-corrected chi connectivity index (χ1v) is 8.71. The molecule has 0 spiro atoms. The lowest BCUT2D eigenvalue weighted by molar-refractivity contribution is 0.841. The SMILES string of the molecule is C=C(c1ccc2[nH]c(=O)sc2c1)c1ccn(-c2ccc(Br)cn2)n1. The molecule has 3 aromatic heterocycles. The second-order valence-electron chi connectivity index (χ2n) is 5.18. The highest BCUT2D eigenvalue weighted by Crippen LogP contribution is 2.25. The molecule has 0 atom stereocenters. The van der Waals surface area contributed by atoms with Crippen molar-refractivity contribution in [1.82, 2.24) is 19.7 Å². The fourth-order valence-electron chi connectivity index (χ4n) is 2.40. The van der Waals surface area contributed by atoms with Crippen molar-refractivity contribution in [2.75, 3.05) is 0 Å². The Kier molecular flexibility index (Phi) is 3.66. The molecule has 3 heterocycles. The fourth-order valence-corrected chi connectivity index (χ4v) is 3.41. The summed E-state index contributed by atoms with van der Waals surface area (Å²) < 4.78 is 3.54. The number of rotatable bonds is 3. The molecule has 118 valence electrons. The lowest BCUT2D eigenvalue weighted by Gasteiger charge is -2.03. The van der Waals surface area contributed by atoms with E-state index in [1.807, 2.05) is 42.6 Å². The van der Waals surface area contributed by atoms with Crippen LogP contribution >= 0.6 is 27.3 Å². The summed E-state index contributed by atoms with van der Waals surface area (Å²) in [5, 5.41) is 4.54. The van der Waals surface area contributed by atoms with Crippen LogP contribution in [0.4, 0.5) is 0 Å². The maximum absolute atomic E-state index is 11.4. The molecule has 0 aliphatic rings. The van der Waals surface area contributed by atoms with Crippen LogP contribution in [0.3, 0.4) is 0 Å². The summed E-state index contributed by atoms with van der Waals surface area (Å²) in [6.45, 7) is 4.14. The predicted octanol–water partition coefficient (Wildman–Crippen LogP) is 3.99. The maximum Gasteiger partial charge on any atom is 0.305 e. The molecule has 0 unspecified atom stereocenters. The molecule has 0 radical (unpaired) electrons. The molecule has 1 aromatic carbocycles. The number of hydrogen-bond acceptors (Lipinski definition) is 4. The van der Waals surface area contributed by atoms with Crippen LogP contribution in [-0.4, -0.2) is 19.7 Å². The van der Waals surface area contributed by atoms with Crippen LogP contribution in [0, 0.1) is 0 Å². The highest BCUT2D eigenvalue weighted by molar-refractivity contribution is 9.10. The quantitative estimate of drug-likeness (QED) is 0.567. The minimum atomic E-state index is -0.0571. The third-order valence-corrected chi connectivity index (χ3v) is 4.93. The number of benzene rings is 1. The monoisotopic (exact) mass is 398 g/mol. The predicted molar refractivity (Wildman–Crippen MR) is 99.6 cm³/mol. The van der Waals surface area contributed by atoms with Crippen LogP contribution in [0.2, 0.25) is 0 Å². The summed E-state index contributed by atoms with van der Waals surface area (Å²) in [7, 11) is 0. The Morgan fingerprint density at radius 2 is 2.12 bits per heavy atom. The summed E-state index contributed by atoms with van der Waals surface area (Å²) in [5.74, 6) is 0.733. The van der Waals surface area contributed by atoms with Gasteiger partial charge in [0.15, 0.2) is 5.82 Å². The van der Waals surface area contributed by atoms with Crippen LogP contribution < -0.4 is 4.87 Å². The van der Waals surface area contributed by atoms with Gasteiger partial charge in [0.2, 0.25) is 0 Å². The van der Waals surface area contributed by atoms with E-state index in [0.29, 0.717) is 0 Å². The third kappa shape index (κ3) is 2.72. The number of nitrogens with zero attached hydrogens (tertiary/aromatic N) is 3. The molecule has 0 saturated carbocycles. The first-order chi connectivity index (χ1) is 11.6. The van der Waals surface area contributed by atoms with Crippen LogP contribution in [-0.2, 0) is 0 Å². The fraction of sp³-hybridized carbons (Fsp3) is 0. The van der Waals surface area contributed by atoms with E-state index in [1.54, 1.807) is 10.9 Å². The highest BCUT2D eigenvalue weighted by Gasteiger charge is 2.09. The van der Waals surface area contributed by atoms with Crippen molar-refractivity contribution in [2.45, 2.75) is 0 Å². The summed E-state index contributed by atoms with van der Waals surface area (Å²) in [6.07, 6.45) is 3.58. The van der Waals surface area contributed by atoms with Gasteiger partial charge < -0.3 is 4.98 Å². The van der Waals surface area contributed by atoms with Gasteiger partial charge in [0.25, 0.3) is 0 Å². The Bertz CT molecular complexity index is 1110. The zero-order chi connectivity index (χ0) is 16.7. The van der Waals surface area contributed by atoms with Gasteiger partial charge in [-0.05, 0) is 51.8 Å². The minimum absolute atomic E-state index is 0.0571. The second kappa shape index (κ2) is 5.85. The number of halogens is 1. The molecule has 0 amide bonds. The Hall–Kier alpha value is -2.51. The van der Waals surface area contributed by atoms with Crippen molar-refractivity contribution in [3.63, 3.8) is 0 Å². The topological polar surface area (TPSA) is 63.6 Å². The van der Waals surface area contributed by atoms with Gasteiger partial charge in [0.1, 0.15) is 0 Å². The molecule has 7 heteroatoms. The summed E-state index contributed by atoms with van der Waals surface area (Å²) in [5.41, 5.74) is 3.34. The van der Waals surface area contributed by atoms with Crippen molar-refractivity contribution in [3.8, 4) is 5.82 Å². The smallest absolute Gasteiger partial charge is 0.305 e. The molecular formula is C17H11BrN4OS.